The van der Waals surface area contributed by atoms with Crippen LogP contribution in [0, 0.1) is 9.85 Å². The topological polar surface area (TPSA) is 43.6 Å². The number of nitrogens with zero attached hydrogens (tertiary/aromatic N) is 4. The molecule has 0 unspecified atom stereocenters. The minimum Gasteiger partial charge on any atom is -0.152 e. The van der Waals surface area contributed by atoms with Gasteiger partial charge in [0.1, 0.15) is 6.54 Å². The molecule has 0 aliphatic rings. The molecular formula is C8H11IN4. The van der Waals surface area contributed by atoms with Crippen molar-refractivity contribution < 1.29 is 0 Å². The fraction of sp³-hybridized carbons (Fsp3) is 0.625. The van der Waals surface area contributed by atoms with Crippen molar-refractivity contribution in [2.45, 2.75) is 32.7 Å². The molecule has 13 heavy (non-hydrogen) atoms. The second-order valence-corrected chi connectivity index (χ2v) is 3.15. The zero-order chi connectivity index (χ0) is 9.52. The van der Waals surface area contributed by atoms with E-state index in [1.165, 1.54) is 4.80 Å². The Bertz CT molecular complexity index is 309. The zero-order valence-corrected chi connectivity index (χ0v) is 9.65. The minimum absolute atomic E-state index is 0.530. The molecule has 1 rings (SSSR count). The molecule has 1 aromatic rings. The summed E-state index contributed by atoms with van der Waals surface area (Å²) in [4.78, 5) is 1.52. The van der Waals surface area contributed by atoms with Crippen molar-refractivity contribution in [3.05, 3.63) is 5.82 Å². The van der Waals surface area contributed by atoms with Crippen LogP contribution in [0.15, 0.2) is 0 Å². The number of hydrogen-bond acceptors (Lipinski definition) is 3. The van der Waals surface area contributed by atoms with Crippen LogP contribution in [0.5, 0.6) is 0 Å². The summed E-state index contributed by atoms with van der Waals surface area (Å²) < 4.78 is 2.76. The van der Waals surface area contributed by atoms with Crippen molar-refractivity contribution in [1.29, 1.82) is 0 Å². The van der Waals surface area contributed by atoms with E-state index in [0.29, 0.717) is 6.54 Å². The van der Waals surface area contributed by atoms with E-state index >= 15 is 0 Å². The first-order chi connectivity index (χ1) is 6.36. The standard InChI is InChI=1S/C8H11IN4/c1-2-3-5-8-10-12-13(11-8)7-4-6-9/h2-3,5,7H2,1H3. The predicted molar refractivity (Wildman–Crippen MR) is 58.2 cm³/mol. The molecule has 0 atom stereocenters. The second kappa shape index (κ2) is 5.91. The Morgan fingerprint density at radius 2 is 2.38 bits per heavy atom. The van der Waals surface area contributed by atoms with Crippen LogP contribution in [0.3, 0.4) is 0 Å². The van der Waals surface area contributed by atoms with Crippen LogP contribution in [0.1, 0.15) is 25.6 Å². The lowest BCUT2D eigenvalue weighted by Gasteiger charge is -1.89. The van der Waals surface area contributed by atoms with Crippen LogP contribution in [0.4, 0.5) is 0 Å². The summed E-state index contributed by atoms with van der Waals surface area (Å²) in [5, 5.41) is 12.0. The smallest absolute Gasteiger partial charge is 0.152 e. The van der Waals surface area contributed by atoms with Crippen molar-refractivity contribution in [2.24, 2.45) is 0 Å². The van der Waals surface area contributed by atoms with Crippen LogP contribution >= 0.6 is 22.6 Å². The predicted octanol–water partition coefficient (Wildman–Crippen LogP) is 1.41. The molecule has 0 aromatic carbocycles. The molecule has 0 aliphatic carbocycles. The molecule has 0 amide bonds. The third kappa shape index (κ3) is 3.72. The van der Waals surface area contributed by atoms with Crippen LogP contribution in [0.25, 0.3) is 0 Å². The summed E-state index contributed by atoms with van der Waals surface area (Å²) in [5.74, 6) is 3.69. The quantitative estimate of drug-likeness (QED) is 0.622. The van der Waals surface area contributed by atoms with E-state index in [9.17, 15) is 0 Å². The highest BCUT2D eigenvalue weighted by atomic mass is 127. The van der Waals surface area contributed by atoms with E-state index in [4.69, 9.17) is 0 Å². The molecule has 0 bridgehead atoms. The third-order valence-corrected chi connectivity index (χ3v) is 1.92. The average Bonchev–Trinajstić information content (AvgIpc) is 2.59. The number of aromatic nitrogens is 4. The molecule has 0 saturated heterocycles. The van der Waals surface area contributed by atoms with Crippen LogP contribution in [-0.2, 0) is 13.0 Å². The Morgan fingerprint density at radius 3 is 3.08 bits per heavy atom. The fourth-order valence-corrected chi connectivity index (χ4v) is 1.05. The molecule has 0 radical (unpaired) electrons. The maximum Gasteiger partial charge on any atom is 0.174 e. The van der Waals surface area contributed by atoms with Crippen molar-refractivity contribution in [3.8, 4) is 9.85 Å². The van der Waals surface area contributed by atoms with Gasteiger partial charge in [-0.2, -0.15) is 4.80 Å². The Hall–Kier alpha value is -0.640. The molecule has 4 nitrogen and oxygen atoms in total. The molecule has 0 spiro atoms. The van der Waals surface area contributed by atoms with E-state index in [1.807, 2.05) is 22.6 Å². The average molecular weight is 290 g/mol. The van der Waals surface area contributed by atoms with Gasteiger partial charge in [0, 0.05) is 29.0 Å². The Balaban J connectivity index is 2.46. The first-order valence-corrected chi connectivity index (χ1v) is 5.30. The SMILES string of the molecule is CCCCc1nnn(CC#CI)n1. The molecule has 0 saturated carbocycles. The summed E-state index contributed by atoms with van der Waals surface area (Å²) in [6, 6.07) is 0. The lowest BCUT2D eigenvalue weighted by molar-refractivity contribution is 0.588. The van der Waals surface area contributed by atoms with Crippen LogP contribution in [0.2, 0.25) is 0 Å². The largest absolute Gasteiger partial charge is 0.174 e. The highest BCUT2D eigenvalue weighted by molar-refractivity contribution is 14.1. The summed E-state index contributed by atoms with van der Waals surface area (Å²) in [6.45, 7) is 2.67. The van der Waals surface area contributed by atoms with Gasteiger partial charge >= 0.3 is 0 Å². The van der Waals surface area contributed by atoms with Crippen molar-refractivity contribution in [1.82, 2.24) is 20.2 Å². The number of unbranched alkanes of at least 4 members (excludes halogenated alkanes) is 1. The lowest BCUT2D eigenvalue weighted by atomic mass is 10.2. The van der Waals surface area contributed by atoms with Gasteiger partial charge in [-0.15, -0.1) is 10.2 Å². The van der Waals surface area contributed by atoms with Crippen molar-refractivity contribution in [2.75, 3.05) is 0 Å². The van der Waals surface area contributed by atoms with Gasteiger partial charge in [0.15, 0.2) is 5.82 Å². The minimum atomic E-state index is 0.530. The van der Waals surface area contributed by atoms with E-state index in [2.05, 4.69) is 32.2 Å². The molecule has 0 fully saturated rings. The van der Waals surface area contributed by atoms with Gasteiger partial charge in [0.2, 0.25) is 0 Å². The van der Waals surface area contributed by atoms with E-state index in [-0.39, 0.29) is 0 Å². The molecule has 1 aromatic heterocycles. The molecular weight excluding hydrogens is 279 g/mol. The van der Waals surface area contributed by atoms with Gasteiger partial charge in [-0.25, -0.2) is 0 Å². The highest BCUT2D eigenvalue weighted by Gasteiger charge is 1.99. The van der Waals surface area contributed by atoms with Gasteiger partial charge in [0.05, 0.1) is 0 Å². The second-order valence-electron chi connectivity index (χ2n) is 2.61. The summed E-state index contributed by atoms with van der Waals surface area (Å²) in [6.07, 6.45) is 3.18. The number of rotatable bonds is 4. The Labute approximate surface area is 91.2 Å². The van der Waals surface area contributed by atoms with Gasteiger partial charge in [-0.05, 0) is 15.6 Å². The van der Waals surface area contributed by atoms with E-state index in [1.54, 1.807) is 0 Å². The van der Waals surface area contributed by atoms with Gasteiger partial charge < -0.3 is 0 Å². The summed E-state index contributed by atoms with van der Waals surface area (Å²) in [5.41, 5.74) is 0. The van der Waals surface area contributed by atoms with Gasteiger partial charge in [-0.1, -0.05) is 19.3 Å². The van der Waals surface area contributed by atoms with Crippen LogP contribution < -0.4 is 0 Å². The molecule has 0 N–H and O–H groups in total. The Kier molecular flexibility index (Phi) is 4.75. The normalized spacial score (nSPS) is 9.38. The number of aryl methyl sites for hydroxylation is 1. The monoisotopic (exact) mass is 290 g/mol. The first-order valence-electron chi connectivity index (χ1n) is 4.22. The highest BCUT2D eigenvalue weighted by Crippen LogP contribution is 1.96. The maximum atomic E-state index is 4.17. The summed E-state index contributed by atoms with van der Waals surface area (Å²) >= 11 is 1.99. The molecule has 5 heteroatoms. The molecule has 0 aliphatic heterocycles. The molecule has 70 valence electrons. The zero-order valence-electron chi connectivity index (χ0n) is 7.50. The van der Waals surface area contributed by atoms with Crippen molar-refractivity contribution >= 4 is 22.6 Å². The number of tetrazole rings is 1. The van der Waals surface area contributed by atoms with Gasteiger partial charge in [0.25, 0.3) is 0 Å². The van der Waals surface area contributed by atoms with E-state index in [0.717, 1.165) is 25.1 Å². The van der Waals surface area contributed by atoms with E-state index < -0.39 is 0 Å². The Morgan fingerprint density at radius 1 is 1.54 bits per heavy atom. The van der Waals surface area contributed by atoms with Gasteiger partial charge in [-0.3, -0.25) is 0 Å². The third-order valence-electron chi connectivity index (χ3n) is 1.54. The number of halogens is 1. The van der Waals surface area contributed by atoms with Crippen molar-refractivity contribution in [3.63, 3.8) is 0 Å². The molecule has 1 heterocycles. The summed E-state index contributed by atoms with van der Waals surface area (Å²) in [7, 11) is 0. The fourth-order valence-electron chi connectivity index (χ4n) is 0.879. The van der Waals surface area contributed by atoms with Crippen LogP contribution in [-0.4, -0.2) is 20.2 Å². The lowest BCUT2D eigenvalue weighted by Crippen LogP contribution is -2.00. The number of hydrogen-bond donors (Lipinski definition) is 0. The first kappa shape index (κ1) is 10.4. The maximum absolute atomic E-state index is 4.17.